The number of aromatic nitrogens is 3. The predicted molar refractivity (Wildman–Crippen MR) is 57.4 cm³/mol. The summed E-state index contributed by atoms with van der Waals surface area (Å²) >= 11 is 0. The summed E-state index contributed by atoms with van der Waals surface area (Å²) in [7, 11) is 0. The Morgan fingerprint density at radius 1 is 1.40 bits per heavy atom. The maximum atomic E-state index is 5.48. The molecule has 0 aliphatic carbocycles. The summed E-state index contributed by atoms with van der Waals surface area (Å²) in [4.78, 5) is 6.56. The molecule has 6 nitrogen and oxygen atoms in total. The number of nitrogens with two attached hydrogens (primary N) is 1. The number of aromatic amines is 1. The quantitative estimate of drug-likeness (QED) is 0.632. The van der Waals surface area contributed by atoms with Crippen LogP contribution in [0, 0.1) is 5.92 Å². The fraction of sp³-hybridized carbons (Fsp3) is 0.778. The van der Waals surface area contributed by atoms with Crippen LogP contribution in [0.25, 0.3) is 0 Å². The number of hydrogen-bond donors (Lipinski definition) is 3. The van der Waals surface area contributed by atoms with E-state index in [9.17, 15) is 0 Å². The highest BCUT2D eigenvalue weighted by Gasteiger charge is 2.34. The molecule has 3 aliphatic rings. The van der Waals surface area contributed by atoms with Crippen LogP contribution in [-0.2, 0) is 0 Å². The third kappa shape index (κ3) is 1.65. The largest absolute Gasteiger partial charge is 0.368 e. The lowest BCUT2D eigenvalue weighted by Crippen LogP contribution is -2.53. The van der Waals surface area contributed by atoms with Crippen molar-refractivity contribution in [3.8, 4) is 0 Å². The molecule has 4 N–H and O–H groups in total. The van der Waals surface area contributed by atoms with E-state index in [1.54, 1.807) is 0 Å². The van der Waals surface area contributed by atoms with Gasteiger partial charge in [-0.2, -0.15) is 4.98 Å². The van der Waals surface area contributed by atoms with Gasteiger partial charge in [-0.15, -0.1) is 5.10 Å². The van der Waals surface area contributed by atoms with Crippen LogP contribution in [0.1, 0.15) is 12.8 Å². The van der Waals surface area contributed by atoms with Crippen LogP contribution in [0.15, 0.2) is 0 Å². The third-order valence-corrected chi connectivity index (χ3v) is 3.47. The van der Waals surface area contributed by atoms with E-state index in [4.69, 9.17) is 5.73 Å². The lowest BCUT2D eigenvalue weighted by Gasteiger charge is -2.44. The van der Waals surface area contributed by atoms with E-state index in [2.05, 4.69) is 25.4 Å². The summed E-state index contributed by atoms with van der Waals surface area (Å²) in [5, 5.41) is 10.0. The summed E-state index contributed by atoms with van der Waals surface area (Å²) in [6.45, 7) is 3.61. The molecule has 0 amide bonds. The molecule has 3 fully saturated rings. The second-order valence-electron chi connectivity index (χ2n) is 4.43. The minimum atomic E-state index is 0.374. The second-order valence-corrected chi connectivity index (χ2v) is 4.43. The standard InChI is InChI=1S/C9H16N6/c10-8-12-9(14-13-8)11-7-5-15-3-1-6(7)2-4-15/h6-7H,1-5H2,(H4,10,11,12,13,14). The minimum Gasteiger partial charge on any atom is -0.368 e. The molecule has 1 aromatic heterocycles. The number of nitrogen functional groups attached to an aromatic ring is 1. The summed E-state index contributed by atoms with van der Waals surface area (Å²) in [5.74, 6) is 1.78. The van der Waals surface area contributed by atoms with Crippen molar-refractivity contribution in [3.63, 3.8) is 0 Å². The Morgan fingerprint density at radius 3 is 2.73 bits per heavy atom. The Balaban J connectivity index is 1.68. The molecule has 15 heavy (non-hydrogen) atoms. The van der Waals surface area contributed by atoms with Gasteiger partial charge in [0.1, 0.15) is 0 Å². The van der Waals surface area contributed by atoms with Crippen LogP contribution in [0.5, 0.6) is 0 Å². The number of hydrogen-bond acceptors (Lipinski definition) is 5. The van der Waals surface area contributed by atoms with Crippen LogP contribution in [0.3, 0.4) is 0 Å². The SMILES string of the molecule is Nc1nc(NC2CN3CCC2CC3)n[nH]1. The predicted octanol–water partition coefficient (Wildman–Crippen LogP) is -0.107. The van der Waals surface area contributed by atoms with Crippen molar-refractivity contribution in [2.24, 2.45) is 5.92 Å². The molecule has 82 valence electrons. The summed E-state index contributed by atoms with van der Waals surface area (Å²) in [6, 6.07) is 0.489. The summed E-state index contributed by atoms with van der Waals surface area (Å²) in [6.07, 6.45) is 2.58. The van der Waals surface area contributed by atoms with Gasteiger partial charge in [0.2, 0.25) is 11.9 Å². The third-order valence-electron chi connectivity index (χ3n) is 3.47. The van der Waals surface area contributed by atoms with Crippen LogP contribution in [0.2, 0.25) is 0 Å². The van der Waals surface area contributed by atoms with Crippen LogP contribution in [0.4, 0.5) is 11.9 Å². The van der Waals surface area contributed by atoms with E-state index in [0.29, 0.717) is 17.9 Å². The first-order valence-electron chi connectivity index (χ1n) is 5.48. The average Bonchev–Trinajstić information content (AvgIpc) is 2.66. The highest BCUT2D eigenvalue weighted by Crippen LogP contribution is 2.28. The molecule has 2 bridgehead atoms. The number of rotatable bonds is 2. The van der Waals surface area contributed by atoms with Gasteiger partial charge in [-0.25, -0.2) is 5.10 Å². The van der Waals surface area contributed by atoms with Gasteiger partial charge in [0, 0.05) is 12.6 Å². The molecule has 0 radical (unpaired) electrons. The van der Waals surface area contributed by atoms with Gasteiger partial charge in [-0.05, 0) is 31.8 Å². The van der Waals surface area contributed by atoms with Crippen molar-refractivity contribution < 1.29 is 0 Å². The number of fused-ring (bicyclic) bond motifs is 3. The molecule has 1 unspecified atom stereocenters. The first kappa shape index (κ1) is 8.96. The molecule has 3 saturated heterocycles. The normalized spacial score (nSPS) is 34.3. The minimum absolute atomic E-state index is 0.374. The van der Waals surface area contributed by atoms with Gasteiger partial charge in [0.15, 0.2) is 0 Å². The van der Waals surface area contributed by atoms with Gasteiger partial charge < -0.3 is 16.0 Å². The fourth-order valence-corrected chi connectivity index (χ4v) is 2.63. The van der Waals surface area contributed by atoms with Crippen molar-refractivity contribution in [1.82, 2.24) is 20.1 Å². The first-order chi connectivity index (χ1) is 7.31. The van der Waals surface area contributed by atoms with E-state index in [-0.39, 0.29) is 0 Å². The van der Waals surface area contributed by atoms with Crippen LogP contribution < -0.4 is 11.1 Å². The van der Waals surface area contributed by atoms with Crippen molar-refractivity contribution in [3.05, 3.63) is 0 Å². The highest BCUT2D eigenvalue weighted by atomic mass is 15.3. The Morgan fingerprint density at radius 2 is 2.20 bits per heavy atom. The van der Waals surface area contributed by atoms with Gasteiger partial charge in [-0.1, -0.05) is 0 Å². The molecular formula is C9H16N6. The molecule has 4 heterocycles. The molecule has 0 saturated carbocycles. The maximum Gasteiger partial charge on any atom is 0.243 e. The lowest BCUT2D eigenvalue weighted by molar-refractivity contribution is 0.0972. The van der Waals surface area contributed by atoms with E-state index < -0.39 is 0 Å². The molecule has 6 heteroatoms. The number of anilines is 2. The number of piperidine rings is 3. The molecule has 4 rings (SSSR count). The zero-order valence-electron chi connectivity index (χ0n) is 8.61. The zero-order chi connectivity index (χ0) is 10.3. The molecule has 1 aromatic rings. The smallest absolute Gasteiger partial charge is 0.243 e. The number of H-pyrrole nitrogens is 1. The van der Waals surface area contributed by atoms with Gasteiger partial charge >= 0.3 is 0 Å². The van der Waals surface area contributed by atoms with Crippen molar-refractivity contribution in [2.45, 2.75) is 18.9 Å². The summed E-state index contributed by atoms with van der Waals surface area (Å²) in [5.41, 5.74) is 5.48. The van der Waals surface area contributed by atoms with E-state index >= 15 is 0 Å². The molecule has 0 spiro atoms. The summed E-state index contributed by atoms with van der Waals surface area (Å²) < 4.78 is 0. The Kier molecular flexibility index (Phi) is 2.02. The monoisotopic (exact) mass is 208 g/mol. The van der Waals surface area contributed by atoms with E-state index in [0.717, 1.165) is 12.5 Å². The highest BCUT2D eigenvalue weighted by molar-refractivity contribution is 5.31. The van der Waals surface area contributed by atoms with Crippen molar-refractivity contribution >= 4 is 11.9 Å². The Labute approximate surface area is 88.2 Å². The van der Waals surface area contributed by atoms with Crippen molar-refractivity contribution in [2.75, 3.05) is 30.7 Å². The average molecular weight is 208 g/mol. The fourth-order valence-electron chi connectivity index (χ4n) is 2.63. The molecule has 3 aliphatic heterocycles. The van der Waals surface area contributed by atoms with E-state index in [1.807, 2.05) is 0 Å². The van der Waals surface area contributed by atoms with Gasteiger partial charge in [0.25, 0.3) is 0 Å². The number of nitrogens with one attached hydrogen (secondary N) is 2. The Hall–Kier alpha value is -1.30. The van der Waals surface area contributed by atoms with Crippen molar-refractivity contribution in [1.29, 1.82) is 0 Å². The molecule has 0 aromatic carbocycles. The van der Waals surface area contributed by atoms with Crippen LogP contribution in [-0.4, -0.2) is 45.8 Å². The Bertz CT molecular complexity index is 340. The molecule has 1 atom stereocenters. The van der Waals surface area contributed by atoms with Crippen LogP contribution >= 0.6 is 0 Å². The van der Waals surface area contributed by atoms with E-state index in [1.165, 1.54) is 25.9 Å². The zero-order valence-corrected chi connectivity index (χ0v) is 8.61. The van der Waals surface area contributed by atoms with Gasteiger partial charge in [-0.3, -0.25) is 0 Å². The van der Waals surface area contributed by atoms with Gasteiger partial charge in [0.05, 0.1) is 0 Å². The second kappa shape index (κ2) is 3.37. The molecular weight excluding hydrogens is 192 g/mol. The number of nitrogens with zero attached hydrogens (tertiary/aromatic N) is 3. The first-order valence-corrected chi connectivity index (χ1v) is 5.48. The lowest BCUT2D eigenvalue weighted by atomic mass is 9.84. The maximum absolute atomic E-state index is 5.48. The topological polar surface area (TPSA) is 82.9 Å².